The van der Waals surface area contributed by atoms with E-state index in [1.165, 1.54) is 12.3 Å². The Hall–Kier alpha value is -4.26. The number of aryl methyl sites for hydroxylation is 1. The fourth-order valence-corrected chi connectivity index (χ4v) is 3.57. The molecule has 3 aromatic rings. The maximum Gasteiger partial charge on any atom is 0.417 e. The third kappa shape index (κ3) is 5.46. The molecular weight excluding hydrogens is 495 g/mol. The molecule has 0 radical (unpaired) electrons. The number of benzene rings is 2. The number of nitro groups is 2. The number of non-ortho nitro benzene ring substituents is 2. The van der Waals surface area contributed by atoms with Crippen molar-refractivity contribution in [3.63, 3.8) is 0 Å². The number of aromatic nitrogens is 1. The van der Waals surface area contributed by atoms with Crippen molar-refractivity contribution >= 4 is 35.1 Å². The molecule has 0 saturated carbocycles. The molecule has 1 N–H and O–H groups in total. The highest BCUT2D eigenvalue weighted by Crippen LogP contribution is 2.36. The zero-order chi connectivity index (χ0) is 26.1. The van der Waals surface area contributed by atoms with E-state index >= 15 is 0 Å². The summed E-state index contributed by atoms with van der Waals surface area (Å²) >= 11 is 5.69. The van der Waals surface area contributed by atoms with Crippen LogP contribution >= 0.6 is 11.6 Å². The summed E-state index contributed by atoms with van der Waals surface area (Å²) in [5, 5.41) is 25.3. The molecule has 0 saturated heterocycles. The first-order valence-corrected chi connectivity index (χ1v) is 10.0. The zero-order valence-corrected chi connectivity index (χ0v) is 18.7. The van der Waals surface area contributed by atoms with E-state index in [9.17, 15) is 38.2 Å². The third-order valence-corrected chi connectivity index (χ3v) is 5.27. The van der Waals surface area contributed by atoms with Gasteiger partial charge in [0.2, 0.25) is 0 Å². The lowest BCUT2D eigenvalue weighted by atomic mass is 10.1. The van der Waals surface area contributed by atoms with Crippen LogP contribution in [-0.4, -0.2) is 26.5 Å². The van der Waals surface area contributed by atoms with Gasteiger partial charge in [0.25, 0.3) is 17.3 Å². The van der Waals surface area contributed by atoms with Crippen LogP contribution in [0.1, 0.15) is 32.9 Å². The summed E-state index contributed by atoms with van der Waals surface area (Å²) in [7, 11) is 0. The van der Waals surface area contributed by atoms with Gasteiger partial charge >= 0.3 is 6.18 Å². The van der Waals surface area contributed by atoms with Crippen molar-refractivity contribution in [3.05, 3.63) is 95.8 Å². The fourth-order valence-electron chi connectivity index (χ4n) is 3.35. The first-order chi connectivity index (χ1) is 16.3. The number of amides is 1. The van der Waals surface area contributed by atoms with Crippen LogP contribution in [0.2, 0.25) is 5.02 Å². The lowest BCUT2D eigenvalue weighted by molar-refractivity contribution is -0.394. The van der Waals surface area contributed by atoms with Crippen LogP contribution in [0.15, 0.2) is 47.6 Å². The Morgan fingerprint density at radius 1 is 1.06 bits per heavy atom. The number of hydrazone groups is 1. The number of carbonyl (C=O) groups excluding carboxylic acids is 1. The van der Waals surface area contributed by atoms with E-state index < -0.39 is 43.9 Å². The molecular formula is C21H15ClF3N5O5. The third-order valence-electron chi connectivity index (χ3n) is 4.94. The summed E-state index contributed by atoms with van der Waals surface area (Å²) < 4.78 is 41.3. The van der Waals surface area contributed by atoms with Gasteiger partial charge in [0.05, 0.1) is 38.3 Å². The number of carbonyl (C=O) groups is 1. The van der Waals surface area contributed by atoms with Crippen molar-refractivity contribution in [2.24, 2.45) is 5.10 Å². The Balaban J connectivity index is 1.87. The molecule has 3 rings (SSSR count). The molecule has 182 valence electrons. The Bertz CT molecular complexity index is 1350. The predicted octanol–water partition coefficient (Wildman–Crippen LogP) is 5.35. The Kier molecular flexibility index (Phi) is 6.91. The minimum absolute atomic E-state index is 0.212. The maximum atomic E-state index is 13.2. The summed E-state index contributed by atoms with van der Waals surface area (Å²) in [6.45, 7) is 3.29. The highest BCUT2D eigenvalue weighted by atomic mass is 35.5. The van der Waals surface area contributed by atoms with Crippen molar-refractivity contribution in [2.75, 3.05) is 0 Å². The molecule has 0 aliphatic rings. The van der Waals surface area contributed by atoms with E-state index in [1.807, 2.05) is 0 Å². The van der Waals surface area contributed by atoms with Crippen LogP contribution in [0, 0.1) is 34.1 Å². The van der Waals surface area contributed by atoms with Crippen LogP contribution in [0.4, 0.5) is 24.5 Å². The number of hydrogen-bond acceptors (Lipinski definition) is 6. The molecule has 1 amide bonds. The molecule has 0 unspecified atom stereocenters. The van der Waals surface area contributed by atoms with Crippen LogP contribution in [0.25, 0.3) is 5.69 Å². The van der Waals surface area contributed by atoms with Crippen molar-refractivity contribution < 1.29 is 27.8 Å². The molecule has 2 aromatic carbocycles. The normalized spacial score (nSPS) is 11.6. The molecule has 0 aliphatic heterocycles. The topological polar surface area (TPSA) is 133 Å². The summed E-state index contributed by atoms with van der Waals surface area (Å²) in [5.41, 5.74) is 1.24. The van der Waals surface area contributed by atoms with Gasteiger partial charge in [-0.3, -0.25) is 25.0 Å². The summed E-state index contributed by atoms with van der Waals surface area (Å²) in [6, 6.07) is 7.55. The molecule has 1 aromatic heterocycles. The molecule has 0 bridgehead atoms. The molecule has 0 aliphatic carbocycles. The van der Waals surface area contributed by atoms with Crippen LogP contribution in [0.5, 0.6) is 0 Å². The Morgan fingerprint density at radius 2 is 1.66 bits per heavy atom. The van der Waals surface area contributed by atoms with E-state index in [4.69, 9.17) is 11.6 Å². The van der Waals surface area contributed by atoms with E-state index in [0.717, 1.165) is 30.3 Å². The highest BCUT2D eigenvalue weighted by molar-refractivity contribution is 6.31. The SMILES string of the molecule is Cc1cc(/C=N/NC(=O)c2cc([N+](=O)[O-])cc([N+](=O)[O-])c2)c(C)n1-c1ccc(Cl)c(C(F)(F)F)c1. The quantitative estimate of drug-likeness (QED) is 0.272. The summed E-state index contributed by atoms with van der Waals surface area (Å²) in [4.78, 5) is 32.6. The van der Waals surface area contributed by atoms with Crippen molar-refractivity contribution in [3.8, 4) is 5.69 Å². The second-order valence-electron chi connectivity index (χ2n) is 7.28. The van der Waals surface area contributed by atoms with E-state index in [2.05, 4.69) is 10.5 Å². The number of nitro benzene ring substituents is 2. The molecule has 1 heterocycles. The molecule has 14 heteroatoms. The van der Waals surface area contributed by atoms with Crippen molar-refractivity contribution in [1.82, 2.24) is 9.99 Å². The smallest absolute Gasteiger partial charge is 0.318 e. The first-order valence-electron chi connectivity index (χ1n) is 9.63. The first kappa shape index (κ1) is 25.4. The largest absolute Gasteiger partial charge is 0.417 e. The van der Waals surface area contributed by atoms with Crippen molar-refractivity contribution in [1.29, 1.82) is 0 Å². The second kappa shape index (κ2) is 9.54. The van der Waals surface area contributed by atoms with E-state index in [-0.39, 0.29) is 11.3 Å². The predicted molar refractivity (Wildman–Crippen MR) is 120 cm³/mol. The van der Waals surface area contributed by atoms with Crippen LogP contribution in [-0.2, 0) is 6.18 Å². The van der Waals surface area contributed by atoms with Crippen molar-refractivity contribution in [2.45, 2.75) is 20.0 Å². The number of nitrogens with zero attached hydrogens (tertiary/aromatic N) is 4. The monoisotopic (exact) mass is 509 g/mol. The number of alkyl halides is 3. The molecule has 35 heavy (non-hydrogen) atoms. The minimum atomic E-state index is -4.64. The van der Waals surface area contributed by atoms with Crippen LogP contribution < -0.4 is 5.43 Å². The highest BCUT2D eigenvalue weighted by Gasteiger charge is 2.33. The Morgan fingerprint density at radius 3 is 2.20 bits per heavy atom. The number of hydrogen-bond donors (Lipinski definition) is 1. The number of rotatable bonds is 6. The lowest BCUT2D eigenvalue weighted by Gasteiger charge is -2.14. The molecule has 0 fully saturated rings. The minimum Gasteiger partial charge on any atom is -0.318 e. The van der Waals surface area contributed by atoms with Gasteiger partial charge in [0, 0.05) is 34.8 Å². The zero-order valence-electron chi connectivity index (χ0n) is 18.0. The van der Waals surface area contributed by atoms with Crippen LogP contribution in [0.3, 0.4) is 0 Å². The maximum absolute atomic E-state index is 13.2. The lowest BCUT2D eigenvalue weighted by Crippen LogP contribution is -2.18. The van der Waals surface area contributed by atoms with Gasteiger partial charge in [-0.05, 0) is 38.1 Å². The van der Waals surface area contributed by atoms with Gasteiger partial charge in [-0.25, -0.2) is 5.43 Å². The second-order valence-corrected chi connectivity index (χ2v) is 7.68. The summed E-state index contributed by atoms with van der Waals surface area (Å²) in [5.74, 6) is -0.936. The van der Waals surface area contributed by atoms with Gasteiger partial charge in [-0.1, -0.05) is 11.6 Å². The van der Waals surface area contributed by atoms with E-state index in [1.54, 1.807) is 24.5 Å². The van der Waals surface area contributed by atoms with Gasteiger partial charge in [-0.2, -0.15) is 18.3 Å². The van der Waals surface area contributed by atoms with Gasteiger partial charge < -0.3 is 4.57 Å². The van der Waals surface area contributed by atoms with Gasteiger partial charge in [0.15, 0.2) is 0 Å². The van der Waals surface area contributed by atoms with Gasteiger partial charge in [0.1, 0.15) is 0 Å². The number of nitrogens with one attached hydrogen (secondary N) is 1. The molecule has 0 atom stereocenters. The standard InChI is InChI=1S/C21H15ClF3N5O5/c1-11-5-14(12(2)28(11)15-3-4-19(22)18(9-15)21(23,24)25)10-26-27-20(31)13-6-16(29(32)33)8-17(7-13)30(34)35/h3-10H,1-2H3,(H,27,31)/b26-10+. The fraction of sp³-hybridized carbons (Fsp3) is 0.143. The molecule has 10 nitrogen and oxygen atoms in total. The number of halogens is 4. The molecule has 0 spiro atoms. The summed E-state index contributed by atoms with van der Waals surface area (Å²) in [6.07, 6.45) is -3.42. The Labute approximate surface area is 199 Å². The van der Waals surface area contributed by atoms with E-state index in [0.29, 0.717) is 17.0 Å². The van der Waals surface area contributed by atoms with Gasteiger partial charge in [-0.15, -0.1) is 0 Å². The average molecular weight is 510 g/mol. The average Bonchev–Trinajstić information content (AvgIpc) is 3.05.